The molecule has 9 heteroatoms. The summed E-state index contributed by atoms with van der Waals surface area (Å²) >= 11 is 1.40. The monoisotopic (exact) mass is 532 g/mol. The van der Waals surface area contributed by atoms with Crippen LogP contribution >= 0.6 is 11.3 Å². The molecule has 2 heterocycles. The molecule has 0 fully saturated rings. The van der Waals surface area contributed by atoms with Gasteiger partial charge in [-0.2, -0.15) is 0 Å². The molecule has 1 N–H and O–H groups in total. The van der Waals surface area contributed by atoms with Gasteiger partial charge in [-0.1, -0.05) is 30.7 Å². The summed E-state index contributed by atoms with van der Waals surface area (Å²) in [6.45, 7) is 3.49. The molecule has 38 heavy (non-hydrogen) atoms. The standard InChI is InChI=1S/C29H28N2O6S/c1-3-35-29(34)24-20-13-5-4-6-16-23(20)38-27(24)31-25(32)17(2)36-28(33)19-12-8-7-11-18(19)26-30-21-14-9-10-15-22(21)37-26/h7-12,14-15,17H,3-6,13,16H2,1-2H3,(H,31,32). The number of oxazole rings is 1. The fraction of sp³-hybridized carbons (Fsp3) is 0.310. The van der Waals surface area contributed by atoms with Crippen molar-refractivity contribution in [2.45, 2.75) is 52.1 Å². The first-order valence-corrected chi connectivity index (χ1v) is 13.6. The van der Waals surface area contributed by atoms with Gasteiger partial charge in [0.2, 0.25) is 5.89 Å². The molecule has 0 saturated carbocycles. The summed E-state index contributed by atoms with van der Waals surface area (Å²) in [7, 11) is 0. The highest BCUT2D eigenvalue weighted by Crippen LogP contribution is 2.38. The van der Waals surface area contributed by atoms with Crippen LogP contribution in [0.4, 0.5) is 5.00 Å². The molecule has 0 spiro atoms. The average Bonchev–Trinajstić information content (AvgIpc) is 3.42. The third-order valence-corrected chi connectivity index (χ3v) is 7.67. The second-order valence-corrected chi connectivity index (χ2v) is 10.2. The SMILES string of the molecule is CCOC(=O)c1c(NC(=O)C(C)OC(=O)c2ccccc2-c2nc3ccccc3o2)sc2c1CCCCC2. The largest absolute Gasteiger partial charge is 0.462 e. The van der Waals surface area contributed by atoms with Gasteiger partial charge in [0.1, 0.15) is 10.5 Å². The molecule has 1 amide bonds. The summed E-state index contributed by atoms with van der Waals surface area (Å²) in [5.74, 6) is -1.37. The van der Waals surface area contributed by atoms with E-state index >= 15 is 0 Å². The van der Waals surface area contributed by atoms with E-state index in [0.29, 0.717) is 27.2 Å². The number of hydrogen-bond donors (Lipinski definition) is 1. The number of carbonyl (C=O) groups excluding carboxylic acids is 3. The highest BCUT2D eigenvalue weighted by atomic mass is 32.1. The topological polar surface area (TPSA) is 108 Å². The summed E-state index contributed by atoms with van der Waals surface area (Å²) in [5, 5.41) is 3.26. The van der Waals surface area contributed by atoms with Crippen molar-refractivity contribution >= 4 is 45.3 Å². The highest BCUT2D eigenvalue weighted by molar-refractivity contribution is 7.17. The van der Waals surface area contributed by atoms with Crippen molar-refractivity contribution < 1.29 is 28.3 Å². The van der Waals surface area contributed by atoms with Crippen LogP contribution in [0.2, 0.25) is 0 Å². The molecule has 4 aromatic rings. The summed E-state index contributed by atoms with van der Waals surface area (Å²) in [5.41, 5.74) is 3.34. The zero-order valence-corrected chi connectivity index (χ0v) is 22.1. The Morgan fingerprint density at radius 2 is 1.79 bits per heavy atom. The van der Waals surface area contributed by atoms with Crippen LogP contribution in [0.25, 0.3) is 22.6 Å². The molecule has 0 bridgehead atoms. The molecule has 0 saturated heterocycles. The van der Waals surface area contributed by atoms with E-state index in [0.717, 1.165) is 42.5 Å². The molecule has 0 radical (unpaired) electrons. The number of hydrogen-bond acceptors (Lipinski definition) is 8. The van der Waals surface area contributed by atoms with Crippen molar-refractivity contribution in [2.75, 3.05) is 11.9 Å². The van der Waals surface area contributed by atoms with Crippen molar-refractivity contribution in [3.05, 3.63) is 70.1 Å². The lowest BCUT2D eigenvalue weighted by molar-refractivity contribution is -0.123. The maximum Gasteiger partial charge on any atom is 0.341 e. The number of benzene rings is 2. The zero-order valence-electron chi connectivity index (χ0n) is 21.2. The normalized spacial score (nSPS) is 13.8. The van der Waals surface area contributed by atoms with Gasteiger partial charge in [-0.3, -0.25) is 4.79 Å². The van der Waals surface area contributed by atoms with Crippen molar-refractivity contribution in [1.82, 2.24) is 4.98 Å². The van der Waals surface area contributed by atoms with Crippen LogP contribution in [0.3, 0.4) is 0 Å². The van der Waals surface area contributed by atoms with Crippen molar-refractivity contribution in [2.24, 2.45) is 0 Å². The molecule has 8 nitrogen and oxygen atoms in total. The minimum absolute atomic E-state index is 0.230. The number of aromatic nitrogens is 1. The number of anilines is 1. The van der Waals surface area contributed by atoms with Gasteiger partial charge in [0, 0.05) is 4.88 Å². The lowest BCUT2D eigenvalue weighted by Gasteiger charge is -2.15. The first kappa shape index (κ1) is 25.7. The second kappa shape index (κ2) is 11.2. The Morgan fingerprint density at radius 1 is 1.03 bits per heavy atom. The second-order valence-electron chi connectivity index (χ2n) is 9.06. The fourth-order valence-corrected chi connectivity index (χ4v) is 5.86. The van der Waals surface area contributed by atoms with Gasteiger partial charge >= 0.3 is 11.9 Å². The summed E-state index contributed by atoms with van der Waals surface area (Å²) in [4.78, 5) is 44.6. The van der Waals surface area contributed by atoms with Crippen LogP contribution in [-0.4, -0.2) is 35.5 Å². The van der Waals surface area contributed by atoms with Gasteiger partial charge in [-0.25, -0.2) is 14.6 Å². The van der Waals surface area contributed by atoms with E-state index in [1.165, 1.54) is 18.3 Å². The smallest absolute Gasteiger partial charge is 0.341 e. The van der Waals surface area contributed by atoms with Crippen LogP contribution in [0.15, 0.2) is 52.9 Å². The lowest BCUT2D eigenvalue weighted by atomic mass is 10.1. The Bertz CT molecular complexity index is 1470. The lowest BCUT2D eigenvalue weighted by Crippen LogP contribution is -2.30. The Morgan fingerprint density at radius 3 is 2.61 bits per heavy atom. The number of amides is 1. The van der Waals surface area contributed by atoms with Gasteiger partial charge in [0.15, 0.2) is 11.7 Å². The minimum atomic E-state index is -1.11. The Hall–Kier alpha value is -3.98. The van der Waals surface area contributed by atoms with E-state index in [9.17, 15) is 14.4 Å². The minimum Gasteiger partial charge on any atom is -0.462 e. The zero-order chi connectivity index (χ0) is 26.6. The number of rotatable bonds is 7. The molecule has 1 atom stereocenters. The third kappa shape index (κ3) is 5.19. The molecular weight excluding hydrogens is 504 g/mol. The van der Waals surface area contributed by atoms with Gasteiger partial charge in [-0.15, -0.1) is 11.3 Å². The maximum atomic E-state index is 13.1. The number of para-hydroxylation sites is 2. The Balaban J connectivity index is 1.35. The highest BCUT2D eigenvalue weighted by Gasteiger charge is 2.29. The molecule has 1 aliphatic carbocycles. The summed E-state index contributed by atoms with van der Waals surface area (Å²) in [6.07, 6.45) is 3.64. The molecule has 5 rings (SSSR count). The predicted octanol–water partition coefficient (Wildman–Crippen LogP) is 6.19. The number of fused-ring (bicyclic) bond motifs is 2. The van der Waals surface area contributed by atoms with Crippen LogP contribution in [0.5, 0.6) is 0 Å². The number of nitrogens with zero attached hydrogens (tertiary/aromatic N) is 1. The first-order valence-electron chi connectivity index (χ1n) is 12.7. The molecule has 2 aromatic carbocycles. The molecular formula is C29H28N2O6S. The first-order chi connectivity index (χ1) is 18.5. The van der Waals surface area contributed by atoms with Gasteiger partial charge in [0.25, 0.3) is 5.91 Å². The maximum absolute atomic E-state index is 13.1. The van der Waals surface area contributed by atoms with E-state index in [-0.39, 0.29) is 18.1 Å². The Labute approximate surface area is 224 Å². The van der Waals surface area contributed by atoms with Crippen molar-refractivity contribution in [3.63, 3.8) is 0 Å². The number of aryl methyl sites for hydroxylation is 1. The molecule has 1 aliphatic rings. The predicted molar refractivity (Wildman–Crippen MR) is 144 cm³/mol. The number of carbonyl (C=O) groups is 3. The van der Waals surface area contributed by atoms with E-state index in [4.69, 9.17) is 13.9 Å². The molecule has 0 aliphatic heterocycles. The number of ether oxygens (including phenoxy) is 2. The van der Waals surface area contributed by atoms with E-state index in [2.05, 4.69) is 10.3 Å². The quantitative estimate of drug-likeness (QED) is 0.223. The van der Waals surface area contributed by atoms with Crippen LogP contribution in [-0.2, 0) is 27.1 Å². The summed E-state index contributed by atoms with van der Waals surface area (Å²) < 4.78 is 16.7. The number of esters is 2. The average molecular weight is 533 g/mol. The van der Waals surface area contributed by atoms with E-state index in [1.54, 1.807) is 37.3 Å². The number of thiophene rings is 1. The van der Waals surface area contributed by atoms with Gasteiger partial charge in [-0.05, 0) is 69.4 Å². The number of nitrogens with one attached hydrogen (secondary N) is 1. The van der Waals surface area contributed by atoms with E-state index < -0.39 is 23.9 Å². The van der Waals surface area contributed by atoms with Gasteiger partial charge < -0.3 is 19.2 Å². The third-order valence-electron chi connectivity index (χ3n) is 6.46. The van der Waals surface area contributed by atoms with Gasteiger partial charge in [0.05, 0.1) is 23.3 Å². The molecule has 2 aromatic heterocycles. The van der Waals surface area contributed by atoms with Crippen LogP contribution in [0.1, 0.15) is 64.3 Å². The molecule has 196 valence electrons. The summed E-state index contributed by atoms with van der Waals surface area (Å²) in [6, 6.07) is 14.1. The fourth-order valence-electron chi connectivity index (χ4n) is 4.58. The molecule has 1 unspecified atom stereocenters. The Kier molecular flexibility index (Phi) is 7.55. The van der Waals surface area contributed by atoms with Crippen molar-refractivity contribution in [1.29, 1.82) is 0 Å². The van der Waals surface area contributed by atoms with Crippen LogP contribution < -0.4 is 5.32 Å². The van der Waals surface area contributed by atoms with Crippen LogP contribution in [0, 0.1) is 0 Å². The van der Waals surface area contributed by atoms with Crippen molar-refractivity contribution in [3.8, 4) is 11.5 Å². The van der Waals surface area contributed by atoms with E-state index in [1.807, 2.05) is 18.2 Å².